The van der Waals surface area contributed by atoms with Crippen molar-refractivity contribution >= 4 is 17.5 Å². The summed E-state index contributed by atoms with van der Waals surface area (Å²) in [6, 6.07) is 12.3. The monoisotopic (exact) mass is 382 g/mol. The first-order valence-corrected chi connectivity index (χ1v) is 8.69. The van der Waals surface area contributed by atoms with Gasteiger partial charge in [-0.25, -0.2) is 4.39 Å². The van der Waals surface area contributed by atoms with Crippen LogP contribution in [0.3, 0.4) is 0 Å². The average molecular weight is 382 g/mol. The predicted molar refractivity (Wildman–Crippen MR) is 101 cm³/mol. The second-order valence-electron chi connectivity index (χ2n) is 6.24. The summed E-state index contributed by atoms with van der Waals surface area (Å²) in [7, 11) is 1.67. The number of nitrogens with zero attached hydrogens (tertiary/aromatic N) is 3. The van der Waals surface area contributed by atoms with Crippen LogP contribution in [0.25, 0.3) is 11.4 Å². The summed E-state index contributed by atoms with van der Waals surface area (Å²) >= 11 is 0. The van der Waals surface area contributed by atoms with Gasteiger partial charge in [0.2, 0.25) is 23.5 Å². The largest absolute Gasteiger partial charge is 0.366 e. The Morgan fingerprint density at radius 2 is 1.79 bits per heavy atom. The van der Waals surface area contributed by atoms with Crippen LogP contribution in [-0.4, -0.2) is 29.0 Å². The molecule has 1 aromatic heterocycles. The minimum absolute atomic E-state index is 0.0786. The highest BCUT2D eigenvalue weighted by molar-refractivity contribution is 5.95. The van der Waals surface area contributed by atoms with Crippen LogP contribution in [0, 0.1) is 5.82 Å². The minimum atomic E-state index is -0.514. The van der Waals surface area contributed by atoms with Gasteiger partial charge in [0.15, 0.2) is 0 Å². The number of carbonyl (C=O) groups is 2. The van der Waals surface area contributed by atoms with Crippen molar-refractivity contribution in [3.05, 3.63) is 65.8 Å². The molecule has 8 heteroatoms. The van der Waals surface area contributed by atoms with Gasteiger partial charge in [0.1, 0.15) is 5.82 Å². The van der Waals surface area contributed by atoms with Gasteiger partial charge in [0.05, 0.1) is 0 Å². The molecule has 0 saturated heterocycles. The van der Waals surface area contributed by atoms with Crippen LogP contribution < -0.4 is 10.6 Å². The molecule has 0 aliphatic heterocycles. The number of carbonyl (C=O) groups excluding carboxylic acids is 2. The van der Waals surface area contributed by atoms with Crippen molar-refractivity contribution in [2.75, 3.05) is 11.9 Å². The van der Waals surface area contributed by atoms with Gasteiger partial charge < -0.3 is 15.2 Å². The normalized spacial score (nSPS) is 10.6. The number of nitrogens with two attached hydrogens (primary N) is 1. The molecule has 0 saturated carbocycles. The maximum Gasteiger partial charge on any atom is 0.248 e. The number of amides is 2. The molecule has 7 nitrogen and oxygen atoms in total. The van der Waals surface area contributed by atoms with Crippen molar-refractivity contribution in [2.24, 2.45) is 5.73 Å². The summed E-state index contributed by atoms with van der Waals surface area (Å²) in [4.78, 5) is 29.2. The molecular weight excluding hydrogens is 363 g/mol. The van der Waals surface area contributed by atoms with E-state index in [1.807, 2.05) is 0 Å². The van der Waals surface area contributed by atoms with Crippen molar-refractivity contribution in [3.8, 4) is 11.4 Å². The standard InChI is InChI=1S/C20H19FN4O3/c1-25(16-11-7-13(8-12-16)19(22)27)18(26)4-2-3-17-23-20(24-28-17)14-5-9-15(21)10-6-14/h5-12H,2-4H2,1H3,(H2,22,27). The van der Waals surface area contributed by atoms with Crippen LogP contribution in [0.15, 0.2) is 53.1 Å². The van der Waals surface area contributed by atoms with Crippen molar-refractivity contribution < 1.29 is 18.5 Å². The van der Waals surface area contributed by atoms with Gasteiger partial charge in [-0.1, -0.05) is 5.16 Å². The van der Waals surface area contributed by atoms with E-state index in [4.69, 9.17) is 10.3 Å². The Labute approximate surface area is 161 Å². The number of rotatable bonds is 7. The lowest BCUT2D eigenvalue weighted by molar-refractivity contribution is -0.118. The molecule has 3 rings (SSSR count). The summed E-state index contributed by atoms with van der Waals surface area (Å²) < 4.78 is 18.2. The molecule has 0 aliphatic rings. The Morgan fingerprint density at radius 3 is 2.43 bits per heavy atom. The smallest absolute Gasteiger partial charge is 0.248 e. The van der Waals surface area contributed by atoms with Crippen LogP contribution in [0.2, 0.25) is 0 Å². The zero-order valence-electron chi connectivity index (χ0n) is 15.3. The zero-order chi connectivity index (χ0) is 20.1. The molecule has 0 fully saturated rings. The molecule has 2 N–H and O–H groups in total. The topological polar surface area (TPSA) is 102 Å². The van der Waals surface area contributed by atoms with Crippen LogP contribution in [0.5, 0.6) is 0 Å². The minimum Gasteiger partial charge on any atom is -0.366 e. The average Bonchev–Trinajstić information content (AvgIpc) is 3.17. The number of benzene rings is 2. The highest BCUT2D eigenvalue weighted by atomic mass is 19.1. The third kappa shape index (κ3) is 4.59. The van der Waals surface area contributed by atoms with Crippen LogP contribution in [0.1, 0.15) is 29.1 Å². The van der Waals surface area contributed by atoms with Gasteiger partial charge >= 0.3 is 0 Å². The molecular formula is C20H19FN4O3. The molecule has 28 heavy (non-hydrogen) atoms. The van der Waals surface area contributed by atoms with Gasteiger partial charge in [-0.15, -0.1) is 0 Å². The van der Waals surface area contributed by atoms with E-state index in [-0.39, 0.29) is 11.7 Å². The number of halogens is 1. The highest BCUT2D eigenvalue weighted by Gasteiger charge is 2.13. The maximum absolute atomic E-state index is 13.0. The van der Waals surface area contributed by atoms with E-state index in [2.05, 4.69) is 10.1 Å². The van der Waals surface area contributed by atoms with E-state index in [1.54, 1.807) is 43.4 Å². The summed E-state index contributed by atoms with van der Waals surface area (Å²) in [5.74, 6) is -0.127. The van der Waals surface area contributed by atoms with E-state index in [1.165, 1.54) is 17.0 Å². The van der Waals surface area contributed by atoms with Crippen molar-refractivity contribution in [1.82, 2.24) is 10.1 Å². The Kier molecular flexibility index (Phi) is 5.78. The molecule has 0 aliphatic carbocycles. The van der Waals surface area contributed by atoms with Gasteiger partial charge in [0.25, 0.3) is 0 Å². The second-order valence-corrected chi connectivity index (χ2v) is 6.24. The molecule has 1 heterocycles. The first kappa shape index (κ1) is 19.2. The van der Waals surface area contributed by atoms with Gasteiger partial charge in [-0.2, -0.15) is 4.98 Å². The van der Waals surface area contributed by atoms with Crippen LogP contribution in [-0.2, 0) is 11.2 Å². The summed E-state index contributed by atoms with van der Waals surface area (Å²) in [5, 5.41) is 3.88. The number of aryl methyl sites for hydroxylation is 1. The lowest BCUT2D eigenvalue weighted by atomic mass is 10.1. The maximum atomic E-state index is 13.0. The SMILES string of the molecule is CN(C(=O)CCCc1nc(-c2ccc(F)cc2)no1)c1ccc(C(N)=O)cc1. The van der Waals surface area contributed by atoms with Crippen molar-refractivity contribution in [3.63, 3.8) is 0 Å². The Balaban J connectivity index is 1.52. The fraction of sp³-hybridized carbons (Fsp3) is 0.200. The fourth-order valence-corrected chi connectivity index (χ4v) is 2.62. The lowest BCUT2D eigenvalue weighted by Crippen LogP contribution is -2.26. The highest BCUT2D eigenvalue weighted by Crippen LogP contribution is 2.18. The summed E-state index contributed by atoms with van der Waals surface area (Å²) in [6.07, 6.45) is 1.28. The zero-order valence-corrected chi connectivity index (χ0v) is 15.3. The molecule has 2 aromatic carbocycles. The fourth-order valence-electron chi connectivity index (χ4n) is 2.62. The third-order valence-corrected chi connectivity index (χ3v) is 4.27. The molecule has 144 valence electrons. The third-order valence-electron chi connectivity index (χ3n) is 4.27. The molecule has 0 radical (unpaired) electrons. The first-order chi connectivity index (χ1) is 13.4. The van der Waals surface area contributed by atoms with Gasteiger partial charge in [0, 0.05) is 36.7 Å². The number of aromatic nitrogens is 2. The molecule has 0 bridgehead atoms. The van der Waals surface area contributed by atoms with E-state index in [9.17, 15) is 14.0 Å². The number of hydrogen-bond donors (Lipinski definition) is 1. The number of anilines is 1. The summed E-state index contributed by atoms with van der Waals surface area (Å²) in [6.45, 7) is 0. The van der Waals surface area contributed by atoms with Gasteiger partial charge in [-0.3, -0.25) is 9.59 Å². The van der Waals surface area contributed by atoms with Crippen LogP contribution in [0.4, 0.5) is 10.1 Å². The predicted octanol–water partition coefficient (Wildman–Crippen LogP) is 2.96. The molecule has 0 unspecified atom stereocenters. The van der Waals surface area contributed by atoms with E-state index >= 15 is 0 Å². The number of primary amides is 1. The van der Waals surface area contributed by atoms with Crippen molar-refractivity contribution in [1.29, 1.82) is 0 Å². The lowest BCUT2D eigenvalue weighted by Gasteiger charge is -2.17. The molecule has 0 atom stereocenters. The summed E-state index contributed by atoms with van der Waals surface area (Å²) in [5.41, 5.74) is 6.93. The van der Waals surface area contributed by atoms with Crippen LogP contribution >= 0.6 is 0 Å². The Hall–Kier alpha value is -3.55. The van der Waals surface area contributed by atoms with E-state index < -0.39 is 5.91 Å². The van der Waals surface area contributed by atoms with Gasteiger partial charge in [-0.05, 0) is 55.0 Å². The Bertz CT molecular complexity index is 968. The molecule has 2 amide bonds. The Morgan fingerprint density at radius 1 is 1.11 bits per heavy atom. The second kappa shape index (κ2) is 8.43. The quantitative estimate of drug-likeness (QED) is 0.677. The number of hydrogen-bond acceptors (Lipinski definition) is 5. The van der Waals surface area contributed by atoms with E-state index in [0.717, 1.165) is 0 Å². The van der Waals surface area contributed by atoms with E-state index in [0.29, 0.717) is 47.8 Å². The molecule has 3 aromatic rings. The molecule has 0 spiro atoms. The van der Waals surface area contributed by atoms with Crippen molar-refractivity contribution in [2.45, 2.75) is 19.3 Å². The first-order valence-electron chi connectivity index (χ1n) is 8.69.